The van der Waals surface area contributed by atoms with Gasteiger partial charge in [-0.25, -0.2) is 0 Å². The van der Waals surface area contributed by atoms with Gasteiger partial charge in [-0.2, -0.15) is 0 Å². The van der Waals surface area contributed by atoms with Crippen LogP contribution in [0.5, 0.6) is 0 Å². The molecule has 1 aromatic heterocycles. The van der Waals surface area contributed by atoms with Crippen molar-refractivity contribution in [1.29, 1.82) is 0 Å². The molecule has 1 aliphatic heterocycles. The maximum atomic E-state index is 4.58. The summed E-state index contributed by atoms with van der Waals surface area (Å²) < 4.78 is 0. The van der Waals surface area contributed by atoms with Crippen molar-refractivity contribution in [3.8, 4) is 22.4 Å². The number of aryl methyl sites for hydroxylation is 1. The monoisotopic (exact) mass is 311 g/mol. The summed E-state index contributed by atoms with van der Waals surface area (Å²) in [5.74, 6) is 0. The molecule has 0 unspecified atom stereocenters. The minimum absolute atomic E-state index is 0.941. The highest BCUT2D eigenvalue weighted by molar-refractivity contribution is 5.93. The third kappa shape index (κ3) is 2.59. The first-order valence-electron chi connectivity index (χ1n) is 8.38. The normalized spacial score (nSPS) is 12.5. The second-order valence-electron chi connectivity index (χ2n) is 6.26. The molecule has 3 aromatic rings. The fourth-order valence-corrected chi connectivity index (χ4v) is 3.28. The van der Waals surface area contributed by atoms with Crippen molar-refractivity contribution in [2.45, 2.75) is 26.7 Å². The summed E-state index contributed by atoms with van der Waals surface area (Å²) in [4.78, 5) is 9.14. The number of hydrogen-bond acceptors (Lipinski definition) is 1. The molecule has 0 amide bonds. The molecule has 4 rings (SSSR count). The minimum Gasteiger partial charge on any atom is -0.257 e. The van der Waals surface area contributed by atoms with Gasteiger partial charge in [-0.3, -0.25) is 4.99 Å². The van der Waals surface area contributed by atoms with Crippen molar-refractivity contribution < 1.29 is 4.98 Å². The van der Waals surface area contributed by atoms with E-state index >= 15 is 0 Å². The lowest BCUT2D eigenvalue weighted by molar-refractivity contribution is -0.279. The van der Waals surface area contributed by atoms with Crippen molar-refractivity contribution >= 4 is 11.4 Å². The van der Waals surface area contributed by atoms with Crippen LogP contribution in [-0.4, -0.2) is 5.71 Å². The predicted octanol–water partition coefficient (Wildman–Crippen LogP) is 4.63. The van der Waals surface area contributed by atoms with Crippen LogP contribution in [0.4, 0.5) is 5.69 Å². The Morgan fingerprint density at radius 1 is 1.08 bits per heavy atom. The van der Waals surface area contributed by atoms with Crippen molar-refractivity contribution in [2.24, 2.45) is 4.99 Å². The number of nitrogens with zero attached hydrogens (tertiary/aromatic N) is 2. The zero-order chi connectivity index (χ0) is 16.5. The zero-order valence-corrected chi connectivity index (χ0v) is 14.0. The average Bonchev–Trinajstić information content (AvgIpc) is 3.01. The SMILES string of the molecule is CCc1cccc(-c2[n+]#cccc2-c2ccc3c(c2)CC(C)=N3)c1. The molecule has 2 nitrogen and oxygen atoms in total. The molecule has 0 saturated heterocycles. The Kier molecular flexibility index (Phi) is 3.63. The fraction of sp³-hybridized carbons (Fsp3) is 0.182. The minimum atomic E-state index is 0.941. The molecular weight excluding hydrogens is 292 g/mol. The van der Waals surface area contributed by atoms with Gasteiger partial charge in [0, 0.05) is 12.1 Å². The van der Waals surface area contributed by atoms with E-state index in [-0.39, 0.29) is 0 Å². The van der Waals surface area contributed by atoms with Crippen LogP contribution >= 0.6 is 0 Å². The van der Waals surface area contributed by atoms with Crippen LogP contribution in [0.2, 0.25) is 0 Å². The summed E-state index contributed by atoms with van der Waals surface area (Å²) in [6.45, 7) is 4.26. The first-order chi connectivity index (χ1) is 11.7. The molecule has 0 aliphatic carbocycles. The van der Waals surface area contributed by atoms with Crippen LogP contribution < -0.4 is 4.98 Å². The molecule has 0 N–H and O–H groups in total. The second-order valence-corrected chi connectivity index (χ2v) is 6.26. The smallest absolute Gasteiger partial charge is 0.257 e. The van der Waals surface area contributed by atoms with Gasteiger partial charge in [0.2, 0.25) is 0 Å². The van der Waals surface area contributed by atoms with Crippen molar-refractivity contribution in [1.82, 2.24) is 0 Å². The highest BCUT2D eigenvalue weighted by Gasteiger charge is 2.20. The van der Waals surface area contributed by atoms with E-state index in [0.29, 0.717) is 0 Å². The highest BCUT2D eigenvalue weighted by Crippen LogP contribution is 2.34. The van der Waals surface area contributed by atoms with E-state index in [9.17, 15) is 0 Å². The van der Waals surface area contributed by atoms with E-state index in [1.807, 2.05) is 6.07 Å². The number of fused-ring (bicyclic) bond motifs is 1. The Morgan fingerprint density at radius 3 is 2.88 bits per heavy atom. The van der Waals surface area contributed by atoms with E-state index in [1.165, 1.54) is 22.4 Å². The number of rotatable bonds is 3. The van der Waals surface area contributed by atoms with Gasteiger partial charge in [-0.15, -0.1) is 0 Å². The molecule has 116 valence electrons. The number of benzene rings is 2. The van der Waals surface area contributed by atoms with Crippen molar-refractivity contribution in [3.63, 3.8) is 0 Å². The van der Waals surface area contributed by atoms with E-state index in [2.05, 4.69) is 78.6 Å². The van der Waals surface area contributed by atoms with Gasteiger partial charge in [0.1, 0.15) is 0 Å². The Hall–Kier alpha value is -2.92. The Morgan fingerprint density at radius 2 is 2.00 bits per heavy atom. The van der Waals surface area contributed by atoms with E-state index < -0.39 is 0 Å². The third-order valence-corrected chi connectivity index (χ3v) is 4.51. The number of aliphatic imine (C=N–C) groups is 1. The first kappa shape index (κ1) is 14.7. The lowest BCUT2D eigenvalue weighted by Crippen LogP contribution is -2.01. The summed E-state index contributed by atoms with van der Waals surface area (Å²) in [6.07, 6.45) is 4.96. The standard InChI is InChI=1S/C22H19N2/c1-3-16-6-4-7-18(13-16)22-20(8-5-11-23-22)17-9-10-21-19(14-17)12-15(2)24-21/h4-10,13-14H,3,12H2,1-2H3/q+1. The Bertz CT molecular complexity index is 938. The lowest BCUT2D eigenvalue weighted by Gasteiger charge is -2.04. The van der Waals surface area contributed by atoms with Crippen LogP contribution in [0.15, 0.2) is 59.6 Å². The zero-order valence-electron chi connectivity index (χ0n) is 14.0. The van der Waals surface area contributed by atoms with Gasteiger partial charge in [-0.1, -0.05) is 25.1 Å². The van der Waals surface area contributed by atoms with Gasteiger partial charge >= 0.3 is 11.9 Å². The Balaban J connectivity index is 1.82. The van der Waals surface area contributed by atoms with Gasteiger partial charge in [-0.05, 0) is 65.4 Å². The summed E-state index contributed by atoms with van der Waals surface area (Å²) in [7, 11) is 0. The molecule has 2 heterocycles. The van der Waals surface area contributed by atoms with Crippen LogP contribution in [0.3, 0.4) is 0 Å². The summed E-state index contributed by atoms with van der Waals surface area (Å²) in [5, 5.41) is 0. The molecule has 0 spiro atoms. The maximum Gasteiger partial charge on any atom is 0.355 e. The maximum absolute atomic E-state index is 4.58. The molecular formula is C22H19N2+. The first-order valence-corrected chi connectivity index (χ1v) is 8.38. The summed E-state index contributed by atoms with van der Waals surface area (Å²) in [5.41, 5.74) is 9.37. The van der Waals surface area contributed by atoms with Gasteiger partial charge in [0.05, 0.1) is 22.9 Å². The molecule has 24 heavy (non-hydrogen) atoms. The number of aromatic nitrogens is 1. The average molecular weight is 311 g/mol. The molecule has 0 bridgehead atoms. The van der Waals surface area contributed by atoms with Crippen LogP contribution in [0.25, 0.3) is 22.4 Å². The largest absolute Gasteiger partial charge is 0.355 e. The summed E-state index contributed by atoms with van der Waals surface area (Å²) in [6, 6.07) is 19.1. The van der Waals surface area contributed by atoms with Crippen molar-refractivity contribution in [2.75, 3.05) is 0 Å². The van der Waals surface area contributed by atoms with E-state index in [1.54, 1.807) is 0 Å². The molecule has 0 atom stereocenters. The third-order valence-electron chi connectivity index (χ3n) is 4.51. The van der Waals surface area contributed by atoms with Crippen LogP contribution in [0.1, 0.15) is 25.0 Å². The van der Waals surface area contributed by atoms with Gasteiger partial charge < -0.3 is 0 Å². The molecule has 2 aromatic carbocycles. The molecule has 0 saturated carbocycles. The lowest BCUT2D eigenvalue weighted by atomic mass is 9.96. The fourth-order valence-electron chi connectivity index (χ4n) is 3.28. The topological polar surface area (TPSA) is 26.5 Å². The van der Waals surface area contributed by atoms with E-state index in [0.717, 1.165) is 35.3 Å². The predicted molar refractivity (Wildman–Crippen MR) is 97.6 cm³/mol. The Labute approximate surface area is 142 Å². The second kappa shape index (κ2) is 5.94. The molecule has 1 aliphatic rings. The molecule has 0 radical (unpaired) electrons. The van der Waals surface area contributed by atoms with Crippen LogP contribution in [-0.2, 0) is 12.8 Å². The molecule has 0 fully saturated rings. The summed E-state index contributed by atoms with van der Waals surface area (Å²) >= 11 is 0. The molecule has 2 heteroatoms. The van der Waals surface area contributed by atoms with E-state index in [4.69, 9.17) is 0 Å². The van der Waals surface area contributed by atoms with Gasteiger partial charge in [0.25, 0.3) is 0 Å². The van der Waals surface area contributed by atoms with Gasteiger partial charge in [0.15, 0.2) is 0 Å². The highest BCUT2D eigenvalue weighted by atomic mass is 14.8. The van der Waals surface area contributed by atoms with Crippen molar-refractivity contribution in [3.05, 3.63) is 71.9 Å². The number of hydrogen-bond donors (Lipinski definition) is 0. The van der Waals surface area contributed by atoms with Crippen LogP contribution in [0, 0.1) is 6.20 Å². The quantitative estimate of drug-likeness (QED) is 0.692.